The summed E-state index contributed by atoms with van der Waals surface area (Å²) >= 11 is 0. The highest BCUT2D eigenvalue weighted by molar-refractivity contribution is 5.85. The second-order valence-corrected chi connectivity index (χ2v) is 3.26. The summed E-state index contributed by atoms with van der Waals surface area (Å²) in [5.41, 5.74) is 6.24. The van der Waals surface area contributed by atoms with E-state index >= 15 is 0 Å². The van der Waals surface area contributed by atoms with Crippen LogP contribution in [0.25, 0.3) is 0 Å². The van der Waals surface area contributed by atoms with E-state index in [0.29, 0.717) is 0 Å². The van der Waals surface area contributed by atoms with Crippen LogP contribution in [0.15, 0.2) is 36.1 Å². The van der Waals surface area contributed by atoms with Crippen molar-refractivity contribution >= 4 is 12.4 Å². The fourth-order valence-electron chi connectivity index (χ4n) is 1.15. The third-order valence-corrected chi connectivity index (χ3v) is 1.96. The summed E-state index contributed by atoms with van der Waals surface area (Å²) in [6.45, 7) is 0.466. The summed E-state index contributed by atoms with van der Waals surface area (Å²) < 4.78 is 10.3. The van der Waals surface area contributed by atoms with Gasteiger partial charge in [0.15, 0.2) is 0 Å². The van der Waals surface area contributed by atoms with Gasteiger partial charge in [0.25, 0.3) is 0 Å². The van der Waals surface area contributed by atoms with Crippen molar-refractivity contribution in [2.24, 2.45) is 5.73 Å². The Labute approximate surface area is 102 Å². The van der Waals surface area contributed by atoms with E-state index in [0.717, 1.165) is 5.57 Å². The fraction of sp³-hybridized carbons (Fsp3) is 0.455. The van der Waals surface area contributed by atoms with Crippen molar-refractivity contribution in [3.05, 3.63) is 36.1 Å². The first-order valence-corrected chi connectivity index (χ1v) is 4.85. The van der Waals surface area contributed by atoms with E-state index in [1.165, 1.54) is 0 Å². The second kappa shape index (κ2) is 8.35. The van der Waals surface area contributed by atoms with Gasteiger partial charge in [0, 0.05) is 12.1 Å². The molecule has 0 saturated carbocycles. The van der Waals surface area contributed by atoms with Gasteiger partial charge >= 0.3 is 0 Å². The Bertz CT molecular complexity index is 260. The Balaban J connectivity index is 0.00000225. The molecule has 1 rings (SSSR count). The van der Waals surface area contributed by atoms with E-state index in [1.54, 1.807) is 13.4 Å². The molecule has 16 heavy (non-hydrogen) atoms. The SMILES string of the molecule is COC=C1C=CC(OCC(O)CN)C=C1.Cl. The smallest absolute Gasteiger partial charge is 0.0945 e. The number of hydrogen-bond donors (Lipinski definition) is 2. The Hall–Kier alpha value is -0.810. The molecule has 0 aromatic carbocycles. The van der Waals surface area contributed by atoms with Gasteiger partial charge in [0.1, 0.15) is 0 Å². The number of allylic oxidation sites excluding steroid dienone is 3. The number of halogens is 1. The number of methoxy groups -OCH3 is 1. The van der Waals surface area contributed by atoms with Crippen LogP contribution in [0.2, 0.25) is 0 Å². The van der Waals surface area contributed by atoms with Crippen molar-refractivity contribution in [1.29, 1.82) is 0 Å². The monoisotopic (exact) mass is 247 g/mol. The van der Waals surface area contributed by atoms with Crippen LogP contribution in [-0.2, 0) is 9.47 Å². The summed E-state index contributed by atoms with van der Waals surface area (Å²) in [4.78, 5) is 0. The molecular weight excluding hydrogens is 230 g/mol. The number of nitrogens with two attached hydrogens (primary N) is 1. The van der Waals surface area contributed by atoms with Gasteiger partial charge in [0.2, 0.25) is 0 Å². The Morgan fingerprint density at radius 1 is 1.50 bits per heavy atom. The van der Waals surface area contributed by atoms with E-state index in [4.69, 9.17) is 15.2 Å². The average Bonchev–Trinajstić information content (AvgIpc) is 2.28. The van der Waals surface area contributed by atoms with E-state index < -0.39 is 6.10 Å². The molecule has 5 heteroatoms. The van der Waals surface area contributed by atoms with Gasteiger partial charge in [-0.2, -0.15) is 0 Å². The zero-order valence-electron chi connectivity index (χ0n) is 9.20. The van der Waals surface area contributed by atoms with Crippen molar-refractivity contribution in [3.8, 4) is 0 Å². The predicted molar refractivity (Wildman–Crippen MR) is 65.4 cm³/mol. The van der Waals surface area contributed by atoms with Gasteiger partial charge in [-0.3, -0.25) is 0 Å². The highest BCUT2D eigenvalue weighted by Crippen LogP contribution is 2.11. The molecule has 1 aliphatic rings. The predicted octanol–water partition coefficient (Wildman–Crippen LogP) is 0.769. The molecule has 3 N–H and O–H groups in total. The van der Waals surface area contributed by atoms with E-state index in [-0.39, 0.29) is 31.7 Å². The van der Waals surface area contributed by atoms with Gasteiger partial charge in [-0.1, -0.05) is 24.3 Å². The lowest BCUT2D eigenvalue weighted by Crippen LogP contribution is -2.27. The molecule has 0 heterocycles. The quantitative estimate of drug-likeness (QED) is 0.705. The van der Waals surface area contributed by atoms with Crippen LogP contribution in [0.3, 0.4) is 0 Å². The van der Waals surface area contributed by atoms with Crippen molar-refractivity contribution in [3.63, 3.8) is 0 Å². The number of hydrogen-bond acceptors (Lipinski definition) is 4. The first-order chi connectivity index (χ1) is 7.26. The summed E-state index contributed by atoms with van der Waals surface area (Å²) in [5.74, 6) is 0. The molecule has 0 amide bonds. The summed E-state index contributed by atoms with van der Waals surface area (Å²) in [6, 6.07) is 0. The van der Waals surface area contributed by atoms with Crippen LogP contribution in [0.5, 0.6) is 0 Å². The highest BCUT2D eigenvalue weighted by Gasteiger charge is 2.08. The molecule has 0 saturated heterocycles. The molecule has 0 spiro atoms. The van der Waals surface area contributed by atoms with Crippen molar-refractivity contribution in [2.45, 2.75) is 12.2 Å². The van der Waals surface area contributed by atoms with E-state index in [1.807, 2.05) is 24.3 Å². The molecule has 0 aliphatic heterocycles. The lowest BCUT2D eigenvalue weighted by atomic mass is 10.1. The van der Waals surface area contributed by atoms with Gasteiger partial charge in [0.05, 0.1) is 32.2 Å². The first kappa shape index (κ1) is 15.2. The third kappa shape index (κ3) is 5.32. The van der Waals surface area contributed by atoms with Crippen LogP contribution >= 0.6 is 12.4 Å². The van der Waals surface area contributed by atoms with Gasteiger partial charge in [-0.05, 0) is 0 Å². The first-order valence-electron chi connectivity index (χ1n) is 4.85. The third-order valence-electron chi connectivity index (χ3n) is 1.96. The van der Waals surface area contributed by atoms with Crippen molar-refractivity contribution in [2.75, 3.05) is 20.3 Å². The molecule has 0 radical (unpaired) electrons. The van der Waals surface area contributed by atoms with Gasteiger partial charge < -0.3 is 20.3 Å². The number of aliphatic hydroxyl groups is 1. The molecular formula is C11H18ClNO3. The van der Waals surface area contributed by atoms with Crippen molar-refractivity contribution < 1.29 is 14.6 Å². The summed E-state index contributed by atoms with van der Waals surface area (Å²) in [5, 5.41) is 9.20. The van der Waals surface area contributed by atoms with Crippen LogP contribution in [-0.4, -0.2) is 37.6 Å². The molecule has 1 aliphatic carbocycles. The lowest BCUT2D eigenvalue weighted by Gasteiger charge is -2.15. The maximum absolute atomic E-state index is 9.20. The number of rotatable bonds is 5. The normalized spacial score (nSPS) is 20.2. The molecule has 0 aromatic rings. The second-order valence-electron chi connectivity index (χ2n) is 3.26. The molecule has 1 unspecified atom stereocenters. The molecule has 0 aromatic heterocycles. The minimum atomic E-state index is -0.595. The van der Waals surface area contributed by atoms with E-state index in [9.17, 15) is 5.11 Å². The number of ether oxygens (including phenoxy) is 2. The van der Waals surface area contributed by atoms with Gasteiger partial charge in [-0.25, -0.2) is 0 Å². The topological polar surface area (TPSA) is 64.7 Å². The van der Waals surface area contributed by atoms with Crippen LogP contribution in [0.4, 0.5) is 0 Å². The molecule has 92 valence electrons. The Morgan fingerprint density at radius 3 is 2.62 bits per heavy atom. The fourth-order valence-corrected chi connectivity index (χ4v) is 1.15. The minimum absolute atomic E-state index is 0. The van der Waals surface area contributed by atoms with Crippen LogP contribution in [0, 0.1) is 0 Å². The highest BCUT2D eigenvalue weighted by atomic mass is 35.5. The summed E-state index contributed by atoms with van der Waals surface area (Å²) in [6.07, 6.45) is 8.56. The minimum Gasteiger partial charge on any atom is -0.504 e. The standard InChI is InChI=1S/C11H17NO3.ClH/c1-14-7-9-2-4-11(5-3-9)15-8-10(13)6-12;/h2-5,7,10-11,13H,6,8,12H2,1H3;1H. The zero-order valence-corrected chi connectivity index (χ0v) is 10.0. The maximum Gasteiger partial charge on any atom is 0.0945 e. The molecule has 4 nitrogen and oxygen atoms in total. The Kier molecular flexibility index (Phi) is 7.93. The average molecular weight is 248 g/mol. The molecule has 0 fully saturated rings. The zero-order chi connectivity index (χ0) is 11.1. The maximum atomic E-state index is 9.20. The van der Waals surface area contributed by atoms with Crippen molar-refractivity contribution in [1.82, 2.24) is 0 Å². The van der Waals surface area contributed by atoms with Gasteiger partial charge in [-0.15, -0.1) is 12.4 Å². The number of aliphatic hydroxyl groups excluding tert-OH is 1. The largest absolute Gasteiger partial charge is 0.504 e. The lowest BCUT2D eigenvalue weighted by molar-refractivity contribution is 0.0300. The van der Waals surface area contributed by atoms with E-state index in [2.05, 4.69) is 0 Å². The Morgan fingerprint density at radius 2 is 2.12 bits per heavy atom. The van der Waals surface area contributed by atoms with Crippen LogP contribution in [0.1, 0.15) is 0 Å². The molecule has 0 bridgehead atoms. The van der Waals surface area contributed by atoms with Crippen LogP contribution < -0.4 is 5.73 Å². The summed E-state index contributed by atoms with van der Waals surface area (Å²) in [7, 11) is 1.61. The molecule has 1 atom stereocenters.